The Morgan fingerprint density at radius 1 is 1.11 bits per heavy atom. The Hall–Kier alpha value is -2.16. The van der Waals surface area contributed by atoms with Gasteiger partial charge in [0.2, 0.25) is 11.8 Å². The molecule has 0 aliphatic heterocycles. The van der Waals surface area contributed by atoms with Crippen molar-refractivity contribution in [2.45, 2.75) is 31.3 Å². The van der Waals surface area contributed by atoms with Gasteiger partial charge in [-0.15, -0.1) is 0 Å². The number of carboxylic acid groups (broad SMARTS) is 2. The van der Waals surface area contributed by atoms with Crippen molar-refractivity contribution in [1.29, 1.82) is 0 Å². The zero-order chi connectivity index (χ0) is 14.3. The number of carboxylic acids is 2. The summed E-state index contributed by atoms with van der Waals surface area (Å²) in [6.07, 6.45) is -1.14. The minimum absolute atomic E-state index is 0.184. The third-order valence-electron chi connectivity index (χ3n) is 2.04. The number of primary amides is 1. The number of carbonyl (C=O) groups excluding carboxylic acids is 2. The van der Waals surface area contributed by atoms with Gasteiger partial charge in [0.15, 0.2) is 0 Å². The summed E-state index contributed by atoms with van der Waals surface area (Å²) in [6, 6.07) is -2.51. The van der Waals surface area contributed by atoms with Crippen molar-refractivity contribution in [2.24, 2.45) is 11.5 Å². The van der Waals surface area contributed by atoms with Gasteiger partial charge in [-0.1, -0.05) is 0 Å². The van der Waals surface area contributed by atoms with Gasteiger partial charge in [-0.25, -0.2) is 0 Å². The second-order valence-electron chi connectivity index (χ2n) is 3.60. The number of hydrogen-bond donors (Lipinski definition) is 5. The lowest BCUT2D eigenvalue weighted by molar-refractivity contribution is -0.139. The summed E-state index contributed by atoms with van der Waals surface area (Å²) in [7, 11) is 0. The zero-order valence-electron chi connectivity index (χ0n) is 9.46. The molecule has 0 saturated heterocycles. The lowest BCUT2D eigenvalue weighted by atomic mass is 10.1. The molecule has 0 aromatic rings. The standard InChI is InChI=1S/C9H15N3O6/c10-4(3-7(15)16)9(18)12-5(8(11)17)1-2-6(13)14/h4-5H,1-3,10H2,(H2,11,17)(H,12,18)(H,13,14)(H,15,16)/t4-,5-/m0/s1. The maximum absolute atomic E-state index is 11.4. The van der Waals surface area contributed by atoms with Crippen molar-refractivity contribution in [3.63, 3.8) is 0 Å². The number of aliphatic carboxylic acids is 2. The minimum atomic E-state index is -1.32. The van der Waals surface area contributed by atoms with E-state index in [9.17, 15) is 19.2 Å². The van der Waals surface area contributed by atoms with Gasteiger partial charge in [-0.2, -0.15) is 0 Å². The molecule has 0 radical (unpaired) electrons. The summed E-state index contributed by atoms with van der Waals surface area (Å²) >= 11 is 0. The molecule has 0 heterocycles. The molecule has 0 aromatic heterocycles. The average Bonchev–Trinajstić information content (AvgIpc) is 2.21. The molecule has 0 fully saturated rings. The summed E-state index contributed by atoms with van der Waals surface area (Å²) in [6.45, 7) is 0. The molecule has 0 aromatic carbocycles. The fourth-order valence-corrected chi connectivity index (χ4v) is 1.11. The molecular formula is C9H15N3O6. The number of amides is 2. The number of carbonyl (C=O) groups is 4. The highest BCUT2D eigenvalue weighted by atomic mass is 16.4. The molecule has 0 bridgehead atoms. The molecule has 0 saturated carbocycles. The number of nitrogens with one attached hydrogen (secondary N) is 1. The highest BCUT2D eigenvalue weighted by Gasteiger charge is 2.23. The quantitative estimate of drug-likeness (QED) is 0.324. The molecule has 0 spiro atoms. The zero-order valence-corrected chi connectivity index (χ0v) is 9.46. The van der Waals surface area contributed by atoms with Crippen LogP contribution in [0.1, 0.15) is 19.3 Å². The van der Waals surface area contributed by atoms with E-state index in [0.717, 1.165) is 0 Å². The van der Waals surface area contributed by atoms with Crippen molar-refractivity contribution in [3.8, 4) is 0 Å². The second kappa shape index (κ2) is 7.22. The largest absolute Gasteiger partial charge is 0.481 e. The van der Waals surface area contributed by atoms with Crippen LogP contribution in [0.5, 0.6) is 0 Å². The van der Waals surface area contributed by atoms with Crippen LogP contribution in [0.3, 0.4) is 0 Å². The summed E-state index contributed by atoms with van der Waals surface area (Å²) < 4.78 is 0. The van der Waals surface area contributed by atoms with E-state index in [4.69, 9.17) is 21.7 Å². The van der Waals surface area contributed by atoms with Crippen molar-refractivity contribution >= 4 is 23.8 Å². The SMILES string of the molecule is NC(=O)[C@H](CCC(=O)O)NC(=O)[C@@H](N)CC(=O)O. The Kier molecular flexibility index (Phi) is 6.35. The van der Waals surface area contributed by atoms with Crippen molar-refractivity contribution in [3.05, 3.63) is 0 Å². The molecule has 102 valence electrons. The van der Waals surface area contributed by atoms with E-state index >= 15 is 0 Å². The molecule has 2 amide bonds. The maximum Gasteiger partial charge on any atom is 0.305 e. The smallest absolute Gasteiger partial charge is 0.305 e. The number of hydrogen-bond acceptors (Lipinski definition) is 5. The number of nitrogens with two attached hydrogens (primary N) is 2. The predicted molar refractivity (Wildman–Crippen MR) is 58.2 cm³/mol. The first-order valence-electron chi connectivity index (χ1n) is 5.03. The van der Waals surface area contributed by atoms with Crippen LogP contribution < -0.4 is 16.8 Å². The van der Waals surface area contributed by atoms with Crippen LogP contribution in [0.15, 0.2) is 0 Å². The topological polar surface area (TPSA) is 173 Å². The van der Waals surface area contributed by atoms with Gasteiger partial charge in [-0.3, -0.25) is 19.2 Å². The van der Waals surface area contributed by atoms with Gasteiger partial charge in [0.05, 0.1) is 12.5 Å². The van der Waals surface area contributed by atoms with Gasteiger partial charge in [0.25, 0.3) is 0 Å². The van der Waals surface area contributed by atoms with Crippen molar-refractivity contribution < 1.29 is 29.4 Å². The highest BCUT2D eigenvalue weighted by Crippen LogP contribution is 1.99. The predicted octanol–water partition coefficient (Wildman–Crippen LogP) is -2.38. The van der Waals surface area contributed by atoms with Crippen LogP contribution in [-0.4, -0.2) is 46.0 Å². The van der Waals surface area contributed by atoms with Crippen LogP contribution >= 0.6 is 0 Å². The summed E-state index contributed by atoms with van der Waals surface area (Å²) in [4.78, 5) is 43.0. The molecule has 7 N–H and O–H groups in total. The fourth-order valence-electron chi connectivity index (χ4n) is 1.11. The highest BCUT2D eigenvalue weighted by molar-refractivity contribution is 5.91. The van der Waals surface area contributed by atoms with E-state index in [2.05, 4.69) is 5.32 Å². The molecule has 0 rings (SSSR count). The third kappa shape index (κ3) is 6.43. The van der Waals surface area contributed by atoms with Crippen molar-refractivity contribution in [2.75, 3.05) is 0 Å². The average molecular weight is 261 g/mol. The Bertz CT molecular complexity index is 356. The molecule has 18 heavy (non-hydrogen) atoms. The van der Waals surface area contributed by atoms with Crippen LogP contribution in [0.4, 0.5) is 0 Å². The van der Waals surface area contributed by atoms with Gasteiger partial charge in [0.1, 0.15) is 6.04 Å². The van der Waals surface area contributed by atoms with Gasteiger partial charge in [-0.05, 0) is 6.42 Å². The van der Waals surface area contributed by atoms with Gasteiger partial charge in [0, 0.05) is 6.42 Å². The van der Waals surface area contributed by atoms with Gasteiger partial charge < -0.3 is 27.0 Å². The van der Waals surface area contributed by atoms with E-state index in [1.807, 2.05) is 0 Å². The summed E-state index contributed by atoms with van der Waals surface area (Å²) in [5.74, 6) is -4.19. The first-order valence-corrected chi connectivity index (χ1v) is 5.03. The van der Waals surface area contributed by atoms with E-state index < -0.39 is 42.3 Å². The Morgan fingerprint density at radius 2 is 1.67 bits per heavy atom. The molecule has 0 unspecified atom stereocenters. The van der Waals surface area contributed by atoms with Crippen LogP contribution in [0, 0.1) is 0 Å². The van der Waals surface area contributed by atoms with E-state index in [0.29, 0.717) is 0 Å². The lowest BCUT2D eigenvalue weighted by Gasteiger charge is -2.17. The molecule has 9 heteroatoms. The third-order valence-corrected chi connectivity index (χ3v) is 2.04. The Labute approximate surface area is 102 Å². The molecule has 0 aliphatic rings. The maximum atomic E-state index is 11.4. The van der Waals surface area contributed by atoms with E-state index in [-0.39, 0.29) is 12.8 Å². The molecule has 2 atom stereocenters. The molecule has 0 aliphatic carbocycles. The van der Waals surface area contributed by atoms with Crippen LogP contribution in [0.25, 0.3) is 0 Å². The van der Waals surface area contributed by atoms with Crippen LogP contribution in [-0.2, 0) is 19.2 Å². The molecular weight excluding hydrogens is 246 g/mol. The second-order valence-corrected chi connectivity index (χ2v) is 3.60. The van der Waals surface area contributed by atoms with E-state index in [1.165, 1.54) is 0 Å². The number of rotatable bonds is 8. The monoisotopic (exact) mass is 261 g/mol. The summed E-state index contributed by atoms with van der Waals surface area (Å²) in [5.41, 5.74) is 10.2. The van der Waals surface area contributed by atoms with Crippen LogP contribution in [0.2, 0.25) is 0 Å². The first-order chi connectivity index (χ1) is 8.23. The Balaban J connectivity index is 4.40. The first kappa shape index (κ1) is 15.8. The lowest BCUT2D eigenvalue weighted by Crippen LogP contribution is -2.51. The normalized spacial score (nSPS) is 13.4. The Morgan fingerprint density at radius 3 is 2.06 bits per heavy atom. The summed E-state index contributed by atoms with van der Waals surface area (Å²) in [5, 5.41) is 19.0. The molecule has 9 nitrogen and oxygen atoms in total. The van der Waals surface area contributed by atoms with E-state index in [1.54, 1.807) is 0 Å². The minimum Gasteiger partial charge on any atom is -0.481 e. The fraction of sp³-hybridized carbons (Fsp3) is 0.556. The van der Waals surface area contributed by atoms with Crippen molar-refractivity contribution in [1.82, 2.24) is 5.32 Å². The van der Waals surface area contributed by atoms with Gasteiger partial charge >= 0.3 is 11.9 Å².